The van der Waals surface area contributed by atoms with E-state index in [1.165, 1.54) is 5.56 Å². The van der Waals surface area contributed by atoms with Crippen molar-refractivity contribution < 1.29 is 4.74 Å². The average Bonchev–Trinajstić information content (AvgIpc) is 2.93. The second-order valence-electron chi connectivity index (χ2n) is 4.87. The number of hydrogen-bond donors (Lipinski definition) is 1. The molecule has 102 valence electrons. The Morgan fingerprint density at radius 3 is 3.17 bits per heavy atom. The van der Waals surface area contributed by atoms with Crippen molar-refractivity contribution in [2.24, 2.45) is 0 Å². The van der Waals surface area contributed by atoms with E-state index >= 15 is 0 Å². The summed E-state index contributed by atoms with van der Waals surface area (Å²) in [6.45, 7) is 6.36. The first-order valence-electron chi connectivity index (χ1n) is 6.85. The van der Waals surface area contributed by atoms with Gasteiger partial charge < -0.3 is 10.1 Å². The zero-order chi connectivity index (χ0) is 12.8. The number of morpholine rings is 1. The van der Waals surface area contributed by atoms with Crippen molar-refractivity contribution in [2.75, 3.05) is 33.3 Å². The number of nitrogens with one attached hydrogen (secondary N) is 1. The first-order chi connectivity index (χ1) is 8.83. The zero-order valence-electron chi connectivity index (χ0n) is 11.4. The standard InChI is InChI=1S/C14H24N2OS/c1-3-16-7-8-17-14(10-16)13(15-2)5-4-12-6-9-18-11-12/h6,9,11,13-15H,3-5,7-8,10H2,1-2H3. The highest BCUT2D eigenvalue weighted by molar-refractivity contribution is 7.07. The molecule has 0 amide bonds. The summed E-state index contributed by atoms with van der Waals surface area (Å²) in [5, 5.41) is 7.83. The fourth-order valence-corrected chi connectivity index (χ4v) is 3.24. The maximum atomic E-state index is 5.93. The Morgan fingerprint density at radius 1 is 1.61 bits per heavy atom. The van der Waals surface area contributed by atoms with E-state index in [4.69, 9.17) is 4.74 Å². The van der Waals surface area contributed by atoms with Crippen molar-refractivity contribution in [3.8, 4) is 0 Å². The van der Waals surface area contributed by atoms with Gasteiger partial charge in [-0.15, -0.1) is 0 Å². The van der Waals surface area contributed by atoms with Crippen LogP contribution in [0.2, 0.25) is 0 Å². The minimum Gasteiger partial charge on any atom is -0.374 e. The first kappa shape index (κ1) is 14.0. The van der Waals surface area contributed by atoms with E-state index in [2.05, 4.69) is 34.0 Å². The maximum Gasteiger partial charge on any atom is 0.0855 e. The van der Waals surface area contributed by atoms with Gasteiger partial charge in [-0.1, -0.05) is 6.92 Å². The number of ether oxygens (including phenoxy) is 1. The van der Waals surface area contributed by atoms with E-state index in [1.807, 2.05) is 7.05 Å². The summed E-state index contributed by atoms with van der Waals surface area (Å²) in [7, 11) is 2.05. The minimum absolute atomic E-state index is 0.335. The van der Waals surface area contributed by atoms with Crippen LogP contribution in [0.4, 0.5) is 0 Å². The van der Waals surface area contributed by atoms with Gasteiger partial charge in [0.25, 0.3) is 0 Å². The highest BCUT2D eigenvalue weighted by Crippen LogP contribution is 2.15. The number of hydrogen-bond acceptors (Lipinski definition) is 4. The van der Waals surface area contributed by atoms with Crippen LogP contribution in [0.15, 0.2) is 16.8 Å². The van der Waals surface area contributed by atoms with Crippen LogP contribution in [-0.2, 0) is 11.2 Å². The fraction of sp³-hybridized carbons (Fsp3) is 0.714. The molecule has 0 radical (unpaired) electrons. The Morgan fingerprint density at radius 2 is 2.50 bits per heavy atom. The van der Waals surface area contributed by atoms with Gasteiger partial charge in [-0.2, -0.15) is 11.3 Å². The molecule has 1 saturated heterocycles. The summed E-state index contributed by atoms with van der Waals surface area (Å²) >= 11 is 1.78. The molecule has 0 spiro atoms. The number of aryl methyl sites for hydroxylation is 1. The van der Waals surface area contributed by atoms with E-state index in [0.717, 1.165) is 39.1 Å². The van der Waals surface area contributed by atoms with E-state index in [1.54, 1.807) is 11.3 Å². The third-order valence-electron chi connectivity index (χ3n) is 3.77. The summed E-state index contributed by atoms with van der Waals surface area (Å²) in [6.07, 6.45) is 2.62. The smallest absolute Gasteiger partial charge is 0.0855 e. The molecule has 18 heavy (non-hydrogen) atoms. The molecular formula is C14H24N2OS. The number of nitrogens with zero attached hydrogens (tertiary/aromatic N) is 1. The van der Waals surface area contributed by atoms with Gasteiger partial charge in [0.2, 0.25) is 0 Å². The second-order valence-corrected chi connectivity index (χ2v) is 5.65. The summed E-state index contributed by atoms with van der Waals surface area (Å²) in [4.78, 5) is 2.48. The first-order valence-corrected chi connectivity index (χ1v) is 7.80. The minimum atomic E-state index is 0.335. The van der Waals surface area contributed by atoms with Crippen molar-refractivity contribution in [3.63, 3.8) is 0 Å². The summed E-state index contributed by atoms with van der Waals surface area (Å²) < 4.78 is 5.93. The Hall–Kier alpha value is -0.420. The third kappa shape index (κ3) is 3.79. The van der Waals surface area contributed by atoms with Gasteiger partial charge >= 0.3 is 0 Å². The lowest BCUT2D eigenvalue weighted by molar-refractivity contribution is -0.0449. The van der Waals surface area contributed by atoms with E-state index in [-0.39, 0.29) is 0 Å². The summed E-state index contributed by atoms with van der Waals surface area (Å²) in [5.74, 6) is 0. The number of rotatable bonds is 6. The molecule has 3 nitrogen and oxygen atoms in total. The fourth-order valence-electron chi connectivity index (χ4n) is 2.54. The normalized spacial score (nSPS) is 23.1. The second kappa shape index (κ2) is 7.24. The van der Waals surface area contributed by atoms with Gasteiger partial charge in [0, 0.05) is 19.1 Å². The molecule has 1 aromatic heterocycles. The van der Waals surface area contributed by atoms with Crippen LogP contribution in [0.3, 0.4) is 0 Å². The molecule has 4 heteroatoms. The predicted octanol–water partition coefficient (Wildman–Crippen LogP) is 1.99. The molecule has 2 atom stereocenters. The van der Waals surface area contributed by atoms with E-state index < -0.39 is 0 Å². The topological polar surface area (TPSA) is 24.5 Å². The predicted molar refractivity (Wildman–Crippen MR) is 77.3 cm³/mol. The molecule has 2 rings (SSSR count). The monoisotopic (exact) mass is 268 g/mol. The van der Waals surface area contributed by atoms with Crippen molar-refractivity contribution in [1.82, 2.24) is 10.2 Å². The molecule has 1 aliphatic rings. The SMILES string of the molecule is CCN1CCOC(C(CCc2ccsc2)NC)C1. The van der Waals surface area contributed by atoms with Crippen molar-refractivity contribution in [1.29, 1.82) is 0 Å². The van der Waals surface area contributed by atoms with Crippen molar-refractivity contribution >= 4 is 11.3 Å². The molecule has 0 saturated carbocycles. The van der Waals surface area contributed by atoms with E-state index in [9.17, 15) is 0 Å². The Balaban J connectivity index is 1.83. The van der Waals surface area contributed by atoms with Crippen molar-refractivity contribution in [3.05, 3.63) is 22.4 Å². The molecule has 1 aromatic rings. The molecule has 1 aliphatic heterocycles. The Bertz CT molecular complexity index is 329. The summed E-state index contributed by atoms with van der Waals surface area (Å²) in [6, 6.07) is 2.68. The molecule has 1 fully saturated rings. The van der Waals surface area contributed by atoms with Gasteiger partial charge in [-0.3, -0.25) is 4.90 Å². The lowest BCUT2D eigenvalue weighted by Gasteiger charge is -2.36. The molecule has 0 bridgehead atoms. The Labute approximate surface area is 114 Å². The van der Waals surface area contributed by atoms with Gasteiger partial charge in [0.1, 0.15) is 0 Å². The number of likely N-dealkylation sites (N-methyl/N-ethyl adjacent to an activating group) is 2. The molecule has 1 N–H and O–H groups in total. The molecule has 0 aromatic carbocycles. The third-order valence-corrected chi connectivity index (χ3v) is 4.50. The Kier molecular flexibility index (Phi) is 5.63. The van der Waals surface area contributed by atoms with Crippen LogP contribution in [-0.4, -0.2) is 50.3 Å². The number of thiophene rings is 1. The molecule has 2 heterocycles. The quantitative estimate of drug-likeness (QED) is 0.854. The van der Waals surface area contributed by atoms with Crippen LogP contribution < -0.4 is 5.32 Å². The van der Waals surface area contributed by atoms with Gasteiger partial charge in [-0.05, 0) is 48.8 Å². The van der Waals surface area contributed by atoms with Gasteiger partial charge in [0.15, 0.2) is 0 Å². The molecule has 0 aliphatic carbocycles. The lowest BCUT2D eigenvalue weighted by Crippen LogP contribution is -2.51. The van der Waals surface area contributed by atoms with Crippen LogP contribution in [0, 0.1) is 0 Å². The zero-order valence-corrected chi connectivity index (χ0v) is 12.2. The van der Waals surface area contributed by atoms with Crippen LogP contribution in [0.5, 0.6) is 0 Å². The maximum absolute atomic E-state index is 5.93. The van der Waals surface area contributed by atoms with E-state index in [0.29, 0.717) is 12.1 Å². The highest BCUT2D eigenvalue weighted by Gasteiger charge is 2.26. The lowest BCUT2D eigenvalue weighted by atomic mass is 10.0. The summed E-state index contributed by atoms with van der Waals surface area (Å²) in [5.41, 5.74) is 1.45. The van der Waals surface area contributed by atoms with Crippen molar-refractivity contribution in [2.45, 2.75) is 31.9 Å². The largest absolute Gasteiger partial charge is 0.374 e. The molecular weight excluding hydrogens is 244 g/mol. The highest BCUT2D eigenvalue weighted by atomic mass is 32.1. The van der Waals surface area contributed by atoms with Crippen LogP contribution in [0.1, 0.15) is 18.9 Å². The molecule has 2 unspecified atom stereocenters. The average molecular weight is 268 g/mol. The van der Waals surface area contributed by atoms with Crippen LogP contribution >= 0.6 is 11.3 Å². The van der Waals surface area contributed by atoms with Gasteiger partial charge in [-0.25, -0.2) is 0 Å². The van der Waals surface area contributed by atoms with Gasteiger partial charge in [0.05, 0.1) is 12.7 Å². The van der Waals surface area contributed by atoms with Crippen LogP contribution in [0.25, 0.3) is 0 Å².